The van der Waals surface area contributed by atoms with Crippen LogP contribution in [0.15, 0.2) is 18.3 Å². The molecule has 4 heterocycles. The molecule has 28 heavy (non-hydrogen) atoms. The van der Waals surface area contributed by atoms with E-state index in [0.717, 1.165) is 55.5 Å². The maximum absolute atomic E-state index is 12.3. The standard InChI is InChI=1S/C20H22N6O2/c21-7-5-18(27)26-13-3-4-14(26)11-25(10-13)16-9-17(24-20(28)12-1-2-12)23-19-15(16)6-8-22-19/h6,8-9,12-14H,1-5,10-11H2,(H2,22,23,24,28). The van der Waals surface area contributed by atoms with Crippen LogP contribution in [0.4, 0.5) is 11.5 Å². The number of rotatable bonds is 4. The molecule has 0 radical (unpaired) electrons. The van der Waals surface area contributed by atoms with Crippen molar-refractivity contribution in [2.75, 3.05) is 23.3 Å². The Bertz CT molecular complexity index is 974. The lowest BCUT2D eigenvalue weighted by atomic mass is 10.1. The summed E-state index contributed by atoms with van der Waals surface area (Å²) in [5, 5.41) is 12.8. The van der Waals surface area contributed by atoms with Gasteiger partial charge < -0.3 is 20.1 Å². The Labute approximate surface area is 162 Å². The molecule has 0 aromatic carbocycles. The Morgan fingerprint density at radius 2 is 2.00 bits per heavy atom. The van der Waals surface area contributed by atoms with Crippen molar-refractivity contribution >= 4 is 34.4 Å². The van der Waals surface area contributed by atoms with Crippen LogP contribution < -0.4 is 10.2 Å². The first-order valence-electron chi connectivity index (χ1n) is 9.86. The van der Waals surface area contributed by atoms with Gasteiger partial charge in [-0.2, -0.15) is 5.26 Å². The number of H-pyrrole nitrogens is 1. The number of pyridine rings is 1. The number of nitriles is 1. The summed E-state index contributed by atoms with van der Waals surface area (Å²) in [6.45, 7) is 1.46. The van der Waals surface area contributed by atoms with E-state index in [2.05, 4.69) is 20.2 Å². The molecule has 144 valence electrons. The van der Waals surface area contributed by atoms with E-state index in [9.17, 15) is 9.59 Å². The smallest absolute Gasteiger partial charge is 0.237 e. The maximum Gasteiger partial charge on any atom is 0.237 e. The number of fused-ring (bicyclic) bond motifs is 3. The molecule has 2 bridgehead atoms. The Morgan fingerprint density at radius 1 is 1.25 bits per heavy atom. The molecule has 2 aromatic heterocycles. The molecule has 2 atom stereocenters. The number of amides is 2. The SMILES string of the molecule is N#CCC(=O)N1C2CCC1CN(c1cc(NC(=O)C3CC3)nc3[nH]ccc13)C2. The van der Waals surface area contributed by atoms with Crippen LogP contribution in [0.5, 0.6) is 0 Å². The van der Waals surface area contributed by atoms with Crippen molar-refractivity contribution in [2.24, 2.45) is 5.92 Å². The zero-order valence-corrected chi connectivity index (χ0v) is 15.5. The third kappa shape index (κ3) is 2.87. The van der Waals surface area contributed by atoms with E-state index >= 15 is 0 Å². The van der Waals surface area contributed by atoms with Crippen molar-refractivity contribution in [1.82, 2.24) is 14.9 Å². The van der Waals surface area contributed by atoms with Gasteiger partial charge in [0.1, 0.15) is 17.9 Å². The Kier molecular flexibility index (Phi) is 3.97. The van der Waals surface area contributed by atoms with Crippen molar-refractivity contribution < 1.29 is 9.59 Å². The summed E-state index contributed by atoms with van der Waals surface area (Å²) in [5.41, 5.74) is 1.78. The first-order chi connectivity index (χ1) is 13.6. The van der Waals surface area contributed by atoms with Gasteiger partial charge in [-0.05, 0) is 31.7 Å². The van der Waals surface area contributed by atoms with Gasteiger partial charge in [-0.3, -0.25) is 9.59 Å². The van der Waals surface area contributed by atoms with Gasteiger partial charge in [0.25, 0.3) is 0 Å². The van der Waals surface area contributed by atoms with Gasteiger partial charge in [0.15, 0.2) is 0 Å². The summed E-state index contributed by atoms with van der Waals surface area (Å²) in [6, 6.07) is 6.19. The van der Waals surface area contributed by atoms with Crippen molar-refractivity contribution in [3.05, 3.63) is 18.3 Å². The molecule has 2 saturated heterocycles. The minimum atomic E-state index is -0.0615. The zero-order chi connectivity index (χ0) is 19.3. The highest BCUT2D eigenvalue weighted by Crippen LogP contribution is 2.37. The van der Waals surface area contributed by atoms with Crippen molar-refractivity contribution in [1.29, 1.82) is 5.26 Å². The van der Waals surface area contributed by atoms with E-state index in [1.165, 1.54) is 0 Å². The number of hydrogen-bond donors (Lipinski definition) is 2. The quantitative estimate of drug-likeness (QED) is 0.847. The number of carbonyl (C=O) groups excluding carboxylic acids is 2. The average Bonchev–Trinajstić information content (AvgIpc) is 3.37. The predicted molar refractivity (Wildman–Crippen MR) is 104 cm³/mol. The van der Waals surface area contributed by atoms with Crippen LogP contribution in [-0.2, 0) is 9.59 Å². The number of anilines is 2. The highest BCUT2D eigenvalue weighted by atomic mass is 16.2. The summed E-state index contributed by atoms with van der Waals surface area (Å²) in [6.07, 6.45) is 5.63. The lowest BCUT2D eigenvalue weighted by Crippen LogP contribution is -2.55. The van der Waals surface area contributed by atoms with Gasteiger partial charge in [0.2, 0.25) is 11.8 Å². The van der Waals surface area contributed by atoms with Crippen molar-refractivity contribution in [3.8, 4) is 6.07 Å². The minimum absolute atomic E-state index is 0.0383. The summed E-state index contributed by atoms with van der Waals surface area (Å²) < 4.78 is 0. The molecule has 2 N–H and O–H groups in total. The molecule has 0 spiro atoms. The molecule has 8 heteroatoms. The van der Waals surface area contributed by atoms with E-state index in [0.29, 0.717) is 5.82 Å². The Hall–Kier alpha value is -3.08. The molecule has 2 aliphatic heterocycles. The lowest BCUT2D eigenvalue weighted by Gasteiger charge is -2.42. The second kappa shape index (κ2) is 6.51. The summed E-state index contributed by atoms with van der Waals surface area (Å²) in [7, 11) is 0. The van der Waals surface area contributed by atoms with E-state index in [1.54, 1.807) is 0 Å². The number of carbonyl (C=O) groups is 2. The van der Waals surface area contributed by atoms with Gasteiger partial charge >= 0.3 is 0 Å². The number of aromatic nitrogens is 2. The normalized spacial score (nSPS) is 23.7. The van der Waals surface area contributed by atoms with E-state index < -0.39 is 0 Å². The molecule has 1 saturated carbocycles. The molecular weight excluding hydrogens is 356 g/mol. The number of nitrogens with one attached hydrogen (secondary N) is 2. The van der Waals surface area contributed by atoms with Crippen LogP contribution in [0.2, 0.25) is 0 Å². The minimum Gasteiger partial charge on any atom is -0.367 e. The molecule has 3 fully saturated rings. The number of nitrogens with zero attached hydrogens (tertiary/aromatic N) is 4. The fourth-order valence-corrected chi connectivity index (χ4v) is 4.59. The largest absolute Gasteiger partial charge is 0.367 e. The number of aromatic amines is 1. The summed E-state index contributed by atoms with van der Waals surface area (Å²) >= 11 is 0. The maximum atomic E-state index is 12.3. The van der Waals surface area contributed by atoms with Crippen LogP contribution in [-0.4, -0.2) is 51.9 Å². The lowest BCUT2D eigenvalue weighted by molar-refractivity contribution is -0.133. The Morgan fingerprint density at radius 3 is 2.68 bits per heavy atom. The number of hydrogen-bond acceptors (Lipinski definition) is 5. The fraction of sp³-hybridized carbons (Fsp3) is 0.500. The van der Waals surface area contributed by atoms with E-state index in [-0.39, 0.29) is 36.2 Å². The molecule has 2 unspecified atom stereocenters. The molecule has 5 rings (SSSR count). The molecule has 8 nitrogen and oxygen atoms in total. The topological polar surface area (TPSA) is 105 Å². The van der Waals surface area contributed by atoms with Crippen LogP contribution in [0.1, 0.15) is 32.1 Å². The highest BCUT2D eigenvalue weighted by Gasteiger charge is 2.42. The second-order valence-electron chi connectivity index (χ2n) is 7.96. The monoisotopic (exact) mass is 378 g/mol. The highest BCUT2D eigenvalue weighted by molar-refractivity contribution is 5.97. The first-order valence-corrected chi connectivity index (χ1v) is 9.86. The first kappa shape index (κ1) is 17.0. The van der Waals surface area contributed by atoms with Crippen LogP contribution in [0.25, 0.3) is 11.0 Å². The van der Waals surface area contributed by atoms with Gasteiger partial charge in [0.05, 0.1) is 11.8 Å². The average molecular weight is 378 g/mol. The van der Waals surface area contributed by atoms with Crippen LogP contribution >= 0.6 is 0 Å². The molecule has 2 aromatic rings. The third-order valence-corrected chi connectivity index (χ3v) is 6.05. The molecule has 3 aliphatic rings. The summed E-state index contributed by atoms with van der Waals surface area (Å²) in [5.74, 6) is 0.664. The van der Waals surface area contributed by atoms with Crippen molar-refractivity contribution in [2.45, 2.75) is 44.2 Å². The van der Waals surface area contributed by atoms with Gasteiger partial charge in [-0.25, -0.2) is 4.98 Å². The van der Waals surface area contributed by atoms with Crippen molar-refractivity contribution in [3.63, 3.8) is 0 Å². The fourth-order valence-electron chi connectivity index (χ4n) is 4.59. The van der Waals surface area contributed by atoms with Crippen LogP contribution in [0.3, 0.4) is 0 Å². The second-order valence-corrected chi connectivity index (χ2v) is 7.96. The van der Waals surface area contributed by atoms with E-state index in [4.69, 9.17) is 5.26 Å². The van der Waals surface area contributed by atoms with Gasteiger partial charge in [-0.1, -0.05) is 0 Å². The zero-order valence-electron chi connectivity index (χ0n) is 15.5. The van der Waals surface area contributed by atoms with E-state index in [1.807, 2.05) is 29.3 Å². The summed E-state index contributed by atoms with van der Waals surface area (Å²) in [4.78, 5) is 36.4. The predicted octanol–water partition coefficient (Wildman–Crippen LogP) is 2.00. The Balaban J connectivity index is 1.43. The molecule has 1 aliphatic carbocycles. The van der Waals surface area contributed by atoms with Gasteiger partial charge in [0, 0.05) is 48.7 Å². The molecular formula is C20H22N6O2. The van der Waals surface area contributed by atoms with Gasteiger partial charge in [-0.15, -0.1) is 0 Å². The molecule has 2 amide bonds. The number of piperazine rings is 1. The van der Waals surface area contributed by atoms with Crippen LogP contribution in [0, 0.1) is 17.2 Å². The third-order valence-electron chi connectivity index (χ3n) is 6.05.